The fourth-order valence-corrected chi connectivity index (χ4v) is 5.79. The number of carbonyl (C=O) groups excluding carboxylic acids is 1. The standard InChI is InChI=1S/C26H29N3O3S/c30-25(28-24-23(33-20-27-24)21-7-3-1-4-8-21)32-19-26-11-14-29(15-12-26,16-13-26)17-18-31-22-9-5-2-6-10-22/h1-10,20H,11-19H2/p+1. The molecular weight excluding hydrogens is 434 g/mol. The number of hydrogen-bond acceptors (Lipinski definition) is 5. The predicted molar refractivity (Wildman–Crippen MR) is 130 cm³/mol. The smallest absolute Gasteiger partial charge is 0.412 e. The summed E-state index contributed by atoms with van der Waals surface area (Å²) in [5.41, 5.74) is 2.90. The highest BCUT2D eigenvalue weighted by atomic mass is 32.1. The van der Waals surface area contributed by atoms with E-state index >= 15 is 0 Å². The highest BCUT2D eigenvalue weighted by Gasteiger charge is 2.49. The number of amides is 1. The summed E-state index contributed by atoms with van der Waals surface area (Å²) in [5, 5.41) is 2.85. The van der Waals surface area contributed by atoms with Gasteiger partial charge in [0.1, 0.15) is 18.9 Å². The van der Waals surface area contributed by atoms with Gasteiger partial charge in [0.15, 0.2) is 5.82 Å². The van der Waals surface area contributed by atoms with Gasteiger partial charge in [0.05, 0.1) is 36.6 Å². The summed E-state index contributed by atoms with van der Waals surface area (Å²) in [6, 6.07) is 20.0. The number of nitrogens with zero attached hydrogens (tertiary/aromatic N) is 2. The van der Waals surface area contributed by atoms with Gasteiger partial charge < -0.3 is 14.0 Å². The van der Waals surface area contributed by atoms with E-state index in [0.717, 1.165) is 72.7 Å². The Morgan fingerprint density at radius 3 is 2.36 bits per heavy atom. The van der Waals surface area contributed by atoms with Gasteiger partial charge in [-0.05, 0) is 17.7 Å². The molecule has 0 spiro atoms. The zero-order valence-corrected chi connectivity index (χ0v) is 19.6. The van der Waals surface area contributed by atoms with Crippen LogP contribution in [0.2, 0.25) is 0 Å². The molecule has 0 radical (unpaired) electrons. The number of fused-ring (bicyclic) bond motifs is 3. The van der Waals surface area contributed by atoms with Crippen molar-refractivity contribution in [3.63, 3.8) is 0 Å². The van der Waals surface area contributed by atoms with E-state index in [1.807, 2.05) is 60.7 Å². The van der Waals surface area contributed by atoms with Crippen molar-refractivity contribution in [2.24, 2.45) is 5.41 Å². The van der Waals surface area contributed by atoms with Crippen LogP contribution in [-0.2, 0) is 4.74 Å². The molecule has 0 aliphatic carbocycles. The van der Waals surface area contributed by atoms with Crippen molar-refractivity contribution < 1.29 is 18.8 Å². The number of benzene rings is 2. The fraction of sp³-hybridized carbons (Fsp3) is 0.385. The largest absolute Gasteiger partial charge is 0.488 e. The van der Waals surface area contributed by atoms with Gasteiger partial charge in [-0.25, -0.2) is 9.78 Å². The van der Waals surface area contributed by atoms with Gasteiger partial charge in [-0.3, -0.25) is 5.32 Å². The number of thiazole rings is 1. The normalized spacial score (nSPS) is 23.8. The first kappa shape index (κ1) is 21.9. The summed E-state index contributed by atoms with van der Waals surface area (Å²) in [6.07, 6.45) is 2.87. The van der Waals surface area contributed by atoms with Crippen LogP contribution < -0.4 is 10.1 Å². The highest BCUT2D eigenvalue weighted by Crippen LogP contribution is 2.44. The Hall–Kier alpha value is -2.90. The fourth-order valence-electron chi connectivity index (χ4n) is 5.04. The third-order valence-electron chi connectivity index (χ3n) is 7.26. The van der Waals surface area contributed by atoms with Gasteiger partial charge in [0.2, 0.25) is 0 Å². The molecule has 0 saturated carbocycles. The Labute approximate surface area is 198 Å². The van der Waals surface area contributed by atoms with Gasteiger partial charge in [0, 0.05) is 24.7 Å². The van der Waals surface area contributed by atoms with Crippen molar-refractivity contribution in [3.05, 3.63) is 66.2 Å². The van der Waals surface area contributed by atoms with Crippen LogP contribution >= 0.6 is 11.3 Å². The topological polar surface area (TPSA) is 60.5 Å². The van der Waals surface area contributed by atoms with Crippen LogP contribution in [0.15, 0.2) is 66.2 Å². The van der Waals surface area contributed by atoms with Crippen molar-refractivity contribution in [2.45, 2.75) is 19.3 Å². The van der Waals surface area contributed by atoms with E-state index < -0.39 is 6.09 Å². The van der Waals surface area contributed by atoms with E-state index in [9.17, 15) is 4.79 Å². The number of aromatic nitrogens is 1. The molecule has 3 fully saturated rings. The summed E-state index contributed by atoms with van der Waals surface area (Å²) < 4.78 is 12.8. The Balaban J connectivity index is 1.10. The summed E-state index contributed by atoms with van der Waals surface area (Å²) in [4.78, 5) is 17.8. The number of ether oxygens (including phenoxy) is 2. The molecule has 2 bridgehead atoms. The number of carbonyl (C=O) groups is 1. The van der Waals surface area contributed by atoms with Crippen molar-refractivity contribution in [2.75, 3.05) is 44.7 Å². The van der Waals surface area contributed by atoms with Crippen LogP contribution in [0.5, 0.6) is 5.75 Å². The molecule has 6 nitrogen and oxygen atoms in total. The zero-order chi connectivity index (χ0) is 22.6. The number of hydrogen-bond donors (Lipinski definition) is 1. The highest BCUT2D eigenvalue weighted by molar-refractivity contribution is 7.13. The van der Waals surface area contributed by atoms with Crippen LogP contribution in [0.25, 0.3) is 10.4 Å². The average Bonchev–Trinajstić information content (AvgIpc) is 3.33. The first-order valence-electron chi connectivity index (χ1n) is 11.6. The Morgan fingerprint density at radius 1 is 1.00 bits per heavy atom. The minimum Gasteiger partial charge on any atom is -0.488 e. The molecule has 172 valence electrons. The Kier molecular flexibility index (Phi) is 6.33. The second-order valence-corrected chi connectivity index (χ2v) is 10.1. The molecule has 0 atom stereocenters. The lowest BCUT2D eigenvalue weighted by atomic mass is 9.71. The number of quaternary nitrogens is 1. The van der Waals surface area contributed by atoms with Crippen molar-refractivity contribution in [1.82, 2.24) is 4.98 Å². The second kappa shape index (κ2) is 9.53. The van der Waals surface area contributed by atoms with Crippen molar-refractivity contribution in [3.8, 4) is 16.2 Å². The third kappa shape index (κ3) is 5.04. The maximum atomic E-state index is 12.6. The average molecular weight is 465 g/mol. The number of nitrogens with one attached hydrogen (secondary N) is 1. The van der Waals surface area contributed by atoms with E-state index in [0.29, 0.717) is 12.4 Å². The SMILES string of the molecule is O=C(Nc1ncsc1-c1ccccc1)OCC12CC[N+](CCOc3ccccc3)(CC1)CC2. The number of piperidine rings is 3. The Morgan fingerprint density at radius 2 is 1.67 bits per heavy atom. The van der Waals surface area contributed by atoms with Crippen LogP contribution in [0.1, 0.15) is 19.3 Å². The van der Waals surface area contributed by atoms with Crippen LogP contribution in [0, 0.1) is 5.41 Å². The van der Waals surface area contributed by atoms with E-state index in [2.05, 4.69) is 10.3 Å². The number of anilines is 1. The first-order valence-corrected chi connectivity index (χ1v) is 12.5. The molecule has 0 unspecified atom stereocenters. The summed E-state index contributed by atoms with van der Waals surface area (Å²) in [7, 11) is 0. The lowest BCUT2D eigenvalue weighted by Crippen LogP contribution is -2.63. The lowest BCUT2D eigenvalue weighted by molar-refractivity contribution is -0.945. The maximum Gasteiger partial charge on any atom is 0.412 e. The third-order valence-corrected chi connectivity index (χ3v) is 8.14. The van der Waals surface area contributed by atoms with Gasteiger partial charge >= 0.3 is 6.09 Å². The first-order chi connectivity index (χ1) is 16.2. The maximum absolute atomic E-state index is 12.6. The molecule has 3 aliphatic rings. The minimum absolute atomic E-state index is 0.113. The number of rotatable bonds is 8. The van der Waals surface area contributed by atoms with Gasteiger partial charge in [0.25, 0.3) is 0 Å². The molecule has 4 heterocycles. The minimum atomic E-state index is -0.416. The van der Waals surface area contributed by atoms with Crippen molar-refractivity contribution >= 4 is 23.2 Å². The molecule has 33 heavy (non-hydrogen) atoms. The lowest BCUT2D eigenvalue weighted by Gasteiger charge is -2.54. The molecule has 1 aromatic heterocycles. The van der Waals surface area contributed by atoms with Gasteiger partial charge in [-0.1, -0.05) is 48.5 Å². The molecule has 3 aromatic rings. The molecule has 3 saturated heterocycles. The zero-order valence-electron chi connectivity index (χ0n) is 18.7. The van der Waals surface area contributed by atoms with Crippen molar-refractivity contribution in [1.29, 1.82) is 0 Å². The van der Waals surface area contributed by atoms with E-state index in [1.165, 1.54) is 11.3 Å². The molecule has 3 aliphatic heterocycles. The monoisotopic (exact) mass is 464 g/mol. The summed E-state index contributed by atoms with van der Waals surface area (Å²) in [6.45, 7) is 5.66. The second-order valence-electron chi connectivity index (χ2n) is 9.24. The molecular formula is C26H30N3O3S+. The van der Waals surface area contributed by atoms with Crippen LogP contribution in [-0.4, -0.2) is 55.0 Å². The molecule has 2 aromatic carbocycles. The molecule has 1 amide bonds. The number of para-hydroxylation sites is 1. The summed E-state index contributed by atoms with van der Waals surface area (Å²) in [5.74, 6) is 1.50. The van der Waals surface area contributed by atoms with E-state index in [1.54, 1.807) is 5.51 Å². The van der Waals surface area contributed by atoms with Crippen LogP contribution in [0.3, 0.4) is 0 Å². The van der Waals surface area contributed by atoms with Gasteiger partial charge in [-0.2, -0.15) is 0 Å². The quantitative estimate of drug-likeness (QED) is 0.451. The van der Waals surface area contributed by atoms with E-state index in [4.69, 9.17) is 9.47 Å². The molecule has 1 N–H and O–H groups in total. The van der Waals surface area contributed by atoms with E-state index in [-0.39, 0.29) is 5.41 Å². The van der Waals surface area contributed by atoms with Gasteiger partial charge in [-0.15, -0.1) is 11.3 Å². The molecule has 6 rings (SSSR count). The summed E-state index contributed by atoms with van der Waals surface area (Å²) >= 11 is 1.51. The van der Waals surface area contributed by atoms with Crippen LogP contribution in [0.4, 0.5) is 10.6 Å². The molecule has 7 heteroatoms. The predicted octanol–water partition coefficient (Wildman–Crippen LogP) is 5.44. The Bertz CT molecular complexity index is 1050.